The van der Waals surface area contributed by atoms with Gasteiger partial charge in [0.1, 0.15) is 5.69 Å². The molecule has 3 aromatic heterocycles. The summed E-state index contributed by atoms with van der Waals surface area (Å²) < 4.78 is 0. The first-order valence-corrected chi connectivity index (χ1v) is 10.8. The van der Waals surface area contributed by atoms with E-state index in [1.807, 2.05) is 49.6 Å². The molecular weight excluding hydrogens is 386 g/mol. The van der Waals surface area contributed by atoms with Crippen LogP contribution in [0.5, 0.6) is 0 Å². The molecule has 1 aliphatic heterocycles. The van der Waals surface area contributed by atoms with E-state index >= 15 is 0 Å². The van der Waals surface area contributed by atoms with Gasteiger partial charge < -0.3 is 0 Å². The van der Waals surface area contributed by atoms with E-state index in [0.717, 1.165) is 47.4 Å². The summed E-state index contributed by atoms with van der Waals surface area (Å²) in [6.45, 7) is 5.19. The second kappa shape index (κ2) is 8.40. The van der Waals surface area contributed by atoms with Gasteiger partial charge in [0, 0.05) is 47.7 Å². The Balaban J connectivity index is 1.42. The predicted molar refractivity (Wildman–Crippen MR) is 121 cm³/mol. The van der Waals surface area contributed by atoms with Crippen molar-refractivity contribution in [3.05, 3.63) is 78.0 Å². The van der Waals surface area contributed by atoms with E-state index < -0.39 is 0 Å². The van der Waals surface area contributed by atoms with E-state index in [2.05, 4.69) is 37.2 Å². The lowest BCUT2D eigenvalue weighted by molar-refractivity contribution is 0.0925. The first kappa shape index (κ1) is 19.6. The molecule has 31 heavy (non-hydrogen) atoms. The SMILES string of the molecule is CC(Cc1ccccn1)C(=O)c1n[nH]c2ccc(-c3cncc(CN4CCC4)c3)cc12. The fourth-order valence-corrected chi connectivity index (χ4v) is 4.07. The number of hydrogen-bond acceptors (Lipinski definition) is 5. The molecule has 1 unspecified atom stereocenters. The van der Waals surface area contributed by atoms with Crippen LogP contribution < -0.4 is 0 Å². The molecule has 0 amide bonds. The summed E-state index contributed by atoms with van der Waals surface area (Å²) in [6, 6.07) is 14.1. The molecule has 1 fully saturated rings. The van der Waals surface area contributed by atoms with Gasteiger partial charge in [-0.2, -0.15) is 5.10 Å². The van der Waals surface area contributed by atoms with Crippen LogP contribution in [0.25, 0.3) is 22.0 Å². The summed E-state index contributed by atoms with van der Waals surface area (Å²) >= 11 is 0. The number of carbonyl (C=O) groups excluding carboxylic acids is 1. The maximum atomic E-state index is 13.2. The first-order valence-electron chi connectivity index (χ1n) is 10.8. The number of nitrogens with one attached hydrogen (secondary N) is 1. The molecule has 6 heteroatoms. The van der Waals surface area contributed by atoms with Crippen molar-refractivity contribution < 1.29 is 4.79 Å². The minimum atomic E-state index is -0.202. The number of nitrogens with zero attached hydrogens (tertiary/aromatic N) is 4. The number of Topliss-reactive ketones (excluding diaryl/α,β-unsaturated/α-hetero) is 1. The molecule has 5 rings (SSSR count). The molecule has 0 saturated carbocycles. The van der Waals surface area contributed by atoms with E-state index in [4.69, 9.17) is 0 Å². The normalized spacial score (nSPS) is 15.0. The van der Waals surface area contributed by atoms with Gasteiger partial charge in [0.05, 0.1) is 5.52 Å². The lowest BCUT2D eigenvalue weighted by Gasteiger charge is -2.30. The molecule has 1 aromatic carbocycles. The van der Waals surface area contributed by atoms with Gasteiger partial charge in [-0.15, -0.1) is 0 Å². The predicted octanol–water partition coefficient (Wildman–Crippen LogP) is 4.29. The number of benzene rings is 1. The Morgan fingerprint density at radius 2 is 2.03 bits per heavy atom. The van der Waals surface area contributed by atoms with Crippen LogP contribution in [0.15, 0.2) is 61.1 Å². The highest BCUT2D eigenvalue weighted by atomic mass is 16.1. The van der Waals surface area contributed by atoms with E-state index in [0.29, 0.717) is 12.1 Å². The van der Waals surface area contributed by atoms with Crippen LogP contribution in [0, 0.1) is 5.92 Å². The molecule has 4 heterocycles. The van der Waals surface area contributed by atoms with Crippen LogP contribution in [0.1, 0.15) is 35.1 Å². The van der Waals surface area contributed by atoms with Crippen molar-refractivity contribution in [2.75, 3.05) is 13.1 Å². The van der Waals surface area contributed by atoms with Gasteiger partial charge in [0.2, 0.25) is 0 Å². The van der Waals surface area contributed by atoms with Crippen LogP contribution in [-0.2, 0) is 13.0 Å². The van der Waals surface area contributed by atoms with Crippen molar-refractivity contribution in [3.63, 3.8) is 0 Å². The van der Waals surface area contributed by atoms with Crippen LogP contribution in [-0.4, -0.2) is 43.9 Å². The number of hydrogen-bond donors (Lipinski definition) is 1. The standard InChI is InChI=1S/C25H25N5O/c1-17(11-21-5-2-3-8-27-21)25(31)24-22-13-19(6-7-23(22)28-29-24)20-12-18(14-26-15-20)16-30-9-4-10-30/h2-3,5-8,12-15,17H,4,9-11,16H2,1H3,(H,28,29). The summed E-state index contributed by atoms with van der Waals surface area (Å²) in [5, 5.41) is 8.21. The van der Waals surface area contributed by atoms with Crippen molar-refractivity contribution in [3.8, 4) is 11.1 Å². The molecular formula is C25H25N5O. The largest absolute Gasteiger partial charge is 0.299 e. The minimum Gasteiger partial charge on any atom is -0.299 e. The topological polar surface area (TPSA) is 74.8 Å². The molecule has 0 spiro atoms. The summed E-state index contributed by atoms with van der Waals surface area (Å²) in [5.74, 6) is -0.176. The molecule has 0 bridgehead atoms. The summed E-state index contributed by atoms with van der Waals surface area (Å²) in [5.41, 5.74) is 5.57. The average molecular weight is 412 g/mol. The van der Waals surface area contributed by atoms with Gasteiger partial charge in [0.15, 0.2) is 5.78 Å². The van der Waals surface area contributed by atoms with Gasteiger partial charge in [0.25, 0.3) is 0 Å². The minimum absolute atomic E-state index is 0.0266. The lowest BCUT2D eigenvalue weighted by Crippen LogP contribution is -2.36. The monoisotopic (exact) mass is 411 g/mol. The summed E-state index contributed by atoms with van der Waals surface area (Å²) in [7, 11) is 0. The Morgan fingerprint density at radius 3 is 2.81 bits per heavy atom. The number of rotatable bonds is 7. The van der Waals surface area contributed by atoms with Gasteiger partial charge in [-0.3, -0.25) is 24.8 Å². The molecule has 4 aromatic rings. The maximum Gasteiger partial charge on any atom is 0.186 e. The Bertz CT molecular complexity index is 1210. The van der Waals surface area contributed by atoms with E-state index in [9.17, 15) is 4.79 Å². The third kappa shape index (κ3) is 4.11. The lowest BCUT2D eigenvalue weighted by atomic mass is 9.95. The fraction of sp³-hybridized carbons (Fsp3) is 0.280. The highest BCUT2D eigenvalue weighted by molar-refractivity contribution is 6.07. The van der Waals surface area contributed by atoms with Crippen molar-refractivity contribution in [1.29, 1.82) is 0 Å². The second-order valence-corrected chi connectivity index (χ2v) is 8.33. The Kier molecular flexibility index (Phi) is 5.30. The van der Waals surface area contributed by atoms with Crippen molar-refractivity contribution in [2.24, 2.45) is 5.92 Å². The number of ketones is 1. The maximum absolute atomic E-state index is 13.2. The number of aromatic amines is 1. The number of pyridine rings is 2. The molecule has 1 N–H and O–H groups in total. The number of likely N-dealkylation sites (tertiary alicyclic amines) is 1. The quantitative estimate of drug-likeness (QED) is 0.459. The molecule has 6 nitrogen and oxygen atoms in total. The smallest absolute Gasteiger partial charge is 0.186 e. The fourth-order valence-electron chi connectivity index (χ4n) is 4.07. The second-order valence-electron chi connectivity index (χ2n) is 8.33. The first-order chi connectivity index (χ1) is 15.2. The third-order valence-electron chi connectivity index (χ3n) is 5.97. The molecule has 156 valence electrons. The zero-order valence-electron chi connectivity index (χ0n) is 17.6. The van der Waals surface area contributed by atoms with E-state index in [-0.39, 0.29) is 11.7 Å². The molecule has 0 aliphatic carbocycles. The Morgan fingerprint density at radius 1 is 1.13 bits per heavy atom. The zero-order valence-corrected chi connectivity index (χ0v) is 17.6. The van der Waals surface area contributed by atoms with E-state index in [1.165, 1.54) is 12.0 Å². The third-order valence-corrected chi connectivity index (χ3v) is 5.97. The van der Waals surface area contributed by atoms with Gasteiger partial charge >= 0.3 is 0 Å². The summed E-state index contributed by atoms with van der Waals surface area (Å²) in [4.78, 5) is 24.4. The summed E-state index contributed by atoms with van der Waals surface area (Å²) in [6.07, 6.45) is 7.45. The van der Waals surface area contributed by atoms with Crippen LogP contribution in [0.4, 0.5) is 0 Å². The number of aromatic nitrogens is 4. The van der Waals surface area contributed by atoms with Crippen molar-refractivity contribution in [2.45, 2.75) is 26.3 Å². The highest BCUT2D eigenvalue weighted by Gasteiger charge is 2.22. The molecule has 1 saturated heterocycles. The number of H-pyrrole nitrogens is 1. The molecule has 1 atom stereocenters. The van der Waals surface area contributed by atoms with Crippen LogP contribution in [0.3, 0.4) is 0 Å². The highest BCUT2D eigenvalue weighted by Crippen LogP contribution is 2.27. The number of fused-ring (bicyclic) bond motifs is 1. The van der Waals surface area contributed by atoms with Crippen molar-refractivity contribution >= 4 is 16.7 Å². The van der Waals surface area contributed by atoms with Crippen LogP contribution >= 0.6 is 0 Å². The van der Waals surface area contributed by atoms with Gasteiger partial charge in [-0.05, 0) is 67.4 Å². The molecule has 1 aliphatic rings. The van der Waals surface area contributed by atoms with Crippen molar-refractivity contribution in [1.82, 2.24) is 25.1 Å². The van der Waals surface area contributed by atoms with Crippen LogP contribution in [0.2, 0.25) is 0 Å². The number of carbonyl (C=O) groups is 1. The Labute approximate surface area is 181 Å². The Hall–Kier alpha value is -3.38. The van der Waals surface area contributed by atoms with E-state index in [1.54, 1.807) is 6.20 Å². The van der Waals surface area contributed by atoms with Gasteiger partial charge in [-0.25, -0.2) is 0 Å². The molecule has 0 radical (unpaired) electrons. The average Bonchev–Trinajstić information content (AvgIpc) is 3.20. The zero-order chi connectivity index (χ0) is 21.2. The van der Waals surface area contributed by atoms with Gasteiger partial charge in [-0.1, -0.05) is 19.1 Å².